The highest BCUT2D eigenvalue weighted by Gasteiger charge is 2.17. The lowest BCUT2D eigenvalue weighted by Crippen LogP contribution is -2.13. The summed E-state index contributed by atoms with van der Waals surface area (Å²) in [5, 5.41) is 9.32. The van der Waals surface area contributed by atoms with Crippen molar-refractivity contribution < 1.29 is 4.79 Å². The molecule has 2 aromatic carbocycles. The SMILES string of the molecule is CC(=O)Nc1ccc(Nc2nccc(Nc3ccccc3C(C)(C)C)n2)cc1. The van der Waals surface area contributed by atoms with E-state index in [0.717, 1.165) is 17.1 Å². The fourth-order valence-electron chi connectivity index (χ4n) is 2.84. The average molecular weight is 375 g/mol. The predicted octanol–water partition coefficient (Wildman–Crippen LogP) is 5.22. The Labute approximate surface area is 165 Å². The second-order valence-electron chi connectivity index (χ2n) is 7.57. The van der Waals surface area contributed by atoms with Gasteiger partial charge in [-0.2, -0.15) is 4.98 Å². The van der Waals surface area contributed by atoms with E-state index < -0.39 is 0 Å². The molecule has 28 heavy (non-hydrogen) atoms. The number of carbonyl (C=O) groups excluding carboxylic acids is 1. The van der Waals surface area contributed by atoms with Crippen LogP contribution in [0.3, 0.4) is 0 Å². The van der Waals surface area contributed by atoms with Gasteiger partial charge in [0.2, 0.25) is 11.9 Å². The number of anilines is 5. The molecule has 0 aliphatic heterocycles. The Kier molecular flexibility index (Phi) is 5.59. The summed E-state index contributed by atoms with van der Waals surface area (Å²) in [5.41, 5.74) is 3.85. The smallest absolute Gasteiger partial charge is 0.229 e. The van der Waals surface area contributed by atoms with Gasteiger partial charge in [0.05, 0.1) is 0 Å². The standard InChI is InChI=1S/C22H25N5O/c1-15(28)24-16-9-11-17(12-10-16)25-21-23-14-13-20(27-21)26-19-8-6-5-7-18(19)22(2,3)4/h5-14H,1-4H3,(H,24,28)(H2,23,25,26,27). The molecule has 0 radical (unpaired) electrons. The zero-order valence-electron chi connectivity index (χ0n) is 16.6. The fraction of sp³-hybridized carbons (Fsp3) is 0.227. The number of aromatic nitrogens is 2. The minimum absolute atomic E-state index is 0.0212. The monoisotopic (exact) mass is 375 g/mol. The Morgan fingerprint density at radius 2 is 1.57 bits per heavy atom. The van der Waals surface area contributed by atoms with Crippen LogP contribution < -0.4 is 16.0 Å². The van der Waals surface area contributed by atoms with Crippen LogP contribution >= 0.6 is 0 Å². The van der Waals surface area contributed by atoms with Crippen LogP contribution in [-0.4, -0.2) is 15.9 Å². The van der Waals surface area contributed by atoms with Gasteiger partial charge in [0, 0.05) is 30.2 Å². The van der Waals surface area contributed by atoms with E-state index in [9.17, 15) is 4.79 Å². The Morgan fingerprint density at radius 1 is 0.893 bits per heavy atom. The number of para-hydroxylation sites is 1. The van der Waals surface area contributed by atoms with E-state index in [1.54, 1.807) is 6.20 Å². The number of rotatable bonds is 5. The number of hydrogen-bond donors (Lipinski definition) is 3. The molecule has 0 bridgehead atoms. The van der Waals surface area contributed by atoms with Crippen molar-refractivity contribution in [1.29, 1.82) is 0 Å². The van der Waals surface area contributed by atoms with Crippen LogP contribution in [0, 0.1) is 0 Å². The highest BCUT2D eigenvalue weighted by Crippen LogP contribution is 2.31. The molecule has 1 aromatic heterocycles. The first kappa shape index (κ1) is 19.4. The van der Waals surface area contributed by atoms with E-state index in [2.05, 4.69) is 58.8 Å². The second-order valence-corrected chi connectivity index (χ2v) is 7.57. The highest BCUT2D eigenvalue weighted by atomic mass is 16.1. The first-order valence-corrected chi connectivity index (χ1v) is 9.15. The number of nitrogens with zero attached hydrogens (tertiary/aromatic N) is 2. The summed E-state index contributed by atoms with van der Waals surface area (Å²) in [7, 11) is 0. The summed E-state index contributed by atoms with van der Waals surface area (Å²) >= 11 is 0. The molecule has 3 N–H and O–H groups in total. The molecule has 0 aliphatic carbocycles. The van der Waals surface area contributed by atoms with Gasteiger partial charge < -0.3 is 16.0 Å². The first-order valence-electron chi connectivity index (χ1n) is 9.15. The Balaban J connectivity index is 1.76. The molecule has 3 rings (SSSR count). The van der Waals surface area contributed by atoms with Crippen LogP contribution in [-0.2, 0) is 10.2 Å². The van der Waals surface area contributed by atoms with Gasteiger partial charge in [0.25, 0.3) is 0 Å². The number of carbonyl (C=O) groups is 1. The van der Waals surface area contributed by atoms with Crippen molar-refractivity contribution in [2.75, 3.05) is 16.0 Å². The molecule has 0 unspecified atom stereocenters. The number of amides is 1. The lowest BCUT2D eigenvalue weighted by atomic mass is 9.86. The quantitative estimate of drug-likeness (QED) is 0.570. The number of benzene rings is 2. The van der Waals surface area contributed by atoms with E-state index in [1.165, 1.54) is 12.5 Å². The predicted molar refractivity (Wildman–Crippen MR) is 114 cm³/mol. The molecule has 1 heterocycles. The van der Waals surface area contributed by atoms with Gasteiger partial charge >= 0.3 is 0 Å². The van der Waals surface area contributed by atoms with Gasteiger partial charge in [-0.15, -0.1) is 0 Å². The Morgan fingerprint density at radius 3 is 2.25 bits per heavy atom. The molecule has 3 aromatic rings. The maximum Gasteiger partial charge on any atom is 0.229 e. The molecule has 144 valence electrons. The average Bonchev–Trinajstić information content (AvgIpc) is 2.63. The maximum atomic E-state index is 11.1. The molecule has 6 nitrogen and oxygen atoms in total. The third kappa shape index (κ3) is 5.07. The molecule has 0 saturated heterocycles. The molecule has 0 atom stereocenters. The zero-order valence-corrected chi connectivity index (χ0v) is 16.6. The molecular weight excluding hydrogens is 350 g/mol. The van der Waals surface area contributed by atoms with Crippen LogP contribution in [0.5, 0.6) is 0 Å². The van der Waals surface area contributed by atoms with Crippen LogP contribution in [0.1, 0.15) is 33.3 Å². The molecule has 0 spiro atoms. The minimum atomic E-state index is -0.0987. The van der Waals surface area contributed by atoms with Crippen molar-refractivity contribution in [2.45, 2.75) is 33.1 Å². The summed E-state index contributed by atoms with van der Waals surface area (Å²) in [6, 6.07) is 17.4. The van der Waals surface area contributed by atoms with Crippen LogP contribution in [0.15, 0.2) is 60.8 Å². The third-order valence-electron chi connectivity index (χ3n) is 4.11. The summed E-state index contributed by atoms with van der Waals surface area (Å²) in [6.45, 7) is 8.04. The highest BCUT2D eigenvalue weighted by molar-refractivity contribution is 5.88. The van der Waals surface area contributed by atoms with Crippen LogP contribution in [0.2, 0.25) is 0 Å². The third-order valence-corrected chi connectivity index (χ3v) is 4.11. The van der Waals surface area contributed by atoms with Crippen LogP contribution in [0.4, 0.5) is 28.8 Å². The largest absolute Gasteiger partial charge is 0.340 e. The van der Waals surface area contributed by atoms with E-state index >= 15 is 0 Å². The van der Waals surface area contributed by atoms with E-state index in [4.69, 9.17) is 0 Å². The van der Waals surface area contributed by atoms with Gasteiger partial charge in [-0.3, -0.25) is 4.79 Å². The van der Waals surface area contributed by atoms with Crippen molar-refractivity contribution in [1.82, 2.24) is 9.97 Å². The molecule has 1 amide bonds. The number of hydrogen-bond acceptors (Lipinski definition) is 5. The van der Waals surface area contributed by atoms with Crippen LogP contribution in [0.25, 0.3) is 0 Å². The lowest BCUT2D eigenvalue weighted by Gasteiger charge is -2.23. The first-order chi connectivity index (χ1) is 13.3. The summed E-state index contributed by atoms with van der Waals surface area (Å²) < 4.78 is 0. The van der Waals surface area contributed by atoms with Crippen molar-refractivity contribution in [3.8, 4) is 0 Å². The van der Waals surface area contributed by atoms with E-state index in [-0.39, 0.29) is 11.3 Å². The normalized spacial score (nSPS) is 11.0. The Bertz CT molecular complexity index is 961. The lowest BCUT2D eigenvalue weighted by molar-refractivity contribution is -0.114. The summed E-state index contributed by atoms with van der Waals surface area (Å²) in [4.78, 5) is 19.9. The number of nitrogens with one attached hydrogen (secondary N) is 3. The fourth-order valence-corrected chi connectivity index (χ4v) is 2.84. The molecule has 0 saturated carbocycles. The summed E-state index contributed by atoms with van der Waals surface area (Å²) in [5.74, 6) is 1.10. The summed E-state index contributed by atoms with van der Waals surface area (Å²) in [6.07, 6.45) is 1.71. The van der Waals surface area contributed by atoms with Crippen molar-refractivity contribution in [2.24, 2.45) is 0 Å². The maximum absolute atomic E-state index is 11.1. The van der Waals surface area contributed by atoms with Gasteiger partial charge in [-0.1, -0.05) is 39.0 Å². The Hall–Kier alpha value is -3.41. The van der Waals surface area contributed by atoms with E-state index in [0.29, 0.717) is 11.8 Å². The molecular formula is C22H25N5O. The van der Waals surface area contributed by atoms with Gasteiger partial charge in [-0.25, -0.2) is 4.98 Å². The van der Waals surface area contributed by atoms with Gasteiger partial charge in [0.15, 0.2) is 0 Å². The molecule has 0 aliphatic rings. The molecule has 0 fully saturated rings. The second kappa shape index (κ2) is 8.08. The van der Waals surface area contributed by atoms with Crippen molar-refractivity contribution >= 4 is 34.7 Å². The zero-order chi connectivity index (χ0) is 20.1. The van der Waals surface area contributed by atoms with Crippen molar-refractivity contribution in [3.63, 3.8) is 0 Å². The minimum Gasteiger partial charge on any atom is -0.340 e. The molecule has 6 heteroatoms. The van der Waals surface area contributed by atoms with Gasteiger partial charge in [0.1, 0.15) is 5.82 Å². The van der Waals surface area contributed by atoms with Crippen molar-refractivity contribution in [3.05, 3.63) is 66.4 Å². The topological polar surface area (TPSA) is 78.9 Å². The van der Waals surface area contributed by atoms with E-state index in [1.807, 2.05) is 42.5 Å². The van der Waals surface area contributed by atoms with Gasteiger partial charge in [-0.05, 0) is 47.4 Å².